The fourth-order valence-electron chi connectivity index (χ4n) is 3.59. The third-order valence-corrected chi connectivity index (χ3v) is 4.98. The molecule has 0 aromatic heterocycles. The second-order valence-corrected chi connectivity index (χ2v) is 6.33. The van der Waals surface area contributed by atoms with Crippen LogP contribution in [0.25, 0.3) is 0 Å². The number of hydrogen-bond acceptors (Lipinski definition) is 3. The van der Waals surface area contributed by atoms with Crippen molar-refractivity contribution in [1.29, 1.82) is 0 Å². The lowest BCUT2D eigenvalue weighted by Gasteiger charge is -2.27. The highest BCUT2D eigenvalue weighted by atomic mass is 16.5. The van der Waals surface area contributed by atoms with Crippen molar-refractivity contribution in [3.63, 3.8) is 0 Å². The number of para-hydroxylation sites is 1. The van der Waals surface area contributed by atoms with Crippen molar-refractivity contribution in [3.05, 3.63) is 65.7 Å². The first kappa shape index (κ1) is 14.3. The molecule has 1 aliphatic heterocycles. The Morgan fingerprint density at radius 1 is 1.17 bits per heavy atom. The molecule has 0 unspecified atom stereocenters. The van der Waals surface area contributed by atoms with E-state index in [0.717, 1.165) is 18.6 Å². The van der Waals surface area contributed by atoms with Crippen molar-refractivity contribution >= 4 is 5.91 Å². The molecule has 1 aliphatic carbocycles. The van der Waals surface area contributed by atoms with E-state index in [2.05, 4.69) is 11.4 Å². The normalized spacial score (nSPS) is 26.0. The molecule has 2 aromatic carbocycles. The molecule has 23 heavy (non-hydrogen) atoms. The lowest BCUT2D eigenvalue weighted by Crippen LogP contribution is -2.36. The van der Waals surface area contributed by atoms with Gasteiger partial charge < -0.3 is 15.2 Å². The Kier molecular flexibility index (Phi) is 3.34. The Morgan fingerprint density at radius 2 is 1.91 bits per heavy atom. The number of ether oxygens (including phenoxy) is 1. The van der Waals surface area contributed by atoms with E-state index < -0.39 is 6.10 Å². The Bertz CT molecular complexity index is 730. The minimum Gasteiger partial charge on any atom is -0.493 e. The number of fused-ring (bicyclic) bond motifs is 2. The van der Waals surface area contributed by atoms with Gasteiger partial charge in [-0.3, -0.25) is 4.79 Å². The second kappa shape index (κ2) is 5.39. The quantitative estimate of drug-likeness (QED) is 0.915. The zero-order valence-corrected chi connectivity index (χ0v) is 12.7. The van der Waals surface area contributed by atoms with Crippen LogP contribution in [-0.2, 0) is 10.2 Å². The first-order valence-corrected chi connectivity index (χ1v) is 7.96. The van der Waals surface area contributed by atoms with E-state index in [1.807, 2.05) is 36.4 Å². The average Bonchev–Trinajstić information content (AvgIpc) is 3.28. The predicted molar refractivity (Wildman–Crippen MR) is 86.2 cm³/mol. The predicted octanol–water partition coefficient (Wildman–Crippen LogP) is 2.33. The van der Waals surface area contributed by atoms with E-state index in [9.17, 15) is 9.90 Å². The number of carbonyl (C=O) groups excluding carboxylic acids is 1. The molecule has 2 N–H and O–H groups in total. The third kappa shape index (κ3) is 2.39. The van der Waals surface area contributed by atoms with Crippen LogP contribution in [-0.4, -0.2) is 23.7 Å². The van der Waals surface area contributed by atoms with Crippen LogP contribution in [0.5, 0.6) is 5.75 Å². The first-order valence-electron chi connectivity index (χ1n) is 7.96. The van der Waals surface area contributed by atoms with Crippen LogP contribution >= 0.6 is 0 Å². The van der Waals surface area contributed by atoms with Gasteiger partial charge in [-0.2, -0.15) is 0 Å². The van der Waals surface area contributed by atoms with Crippen molar-refractivity contribution in [2.45, 2.75) is 30.4 Å². The van der Waals surface area contributed by atoms with E-state index in [1.165, 1.54) is 5.56 Å². The highest BCUT2D eigenvalue weighted by Crippen LogP contribution is 2.55. The van der Waals surface area contributed by atoms with Gasteiger partial charge in [0.05, 0.1) is 6.61 Å². The molecule has 118 valence electrons. The number of aliphatic hydroxyl groups excluding tert-OH is 1. The fraction of sp³-hybridized carbons (Fsp3) is 0.316. The van der Waals surface area contributed by atoms with Crippen molar-refractivity contribution in [2.75, 3.05) is 6.61 Å². The molecule has 0 bridgehead atoms. The topological polar surface area (TPSA) is 58.6 Å². The highest BCUT2D eigenvalue weighted by molar-refractivity contribution is 5.83. The average molecular weight is 309 g/mol. The molecule has 1 saturated carbocycles. The Balaban J connectivity index is 1.49. The maximum atomic E-state index is 12.3. The largest absolute Gasteiger partial charge is 0.493 e. The molecule has 0 radical (unpaired) electrons. The van der Waals surface area contributed by atoms with Gasteiger partial charge >= 0.3 is 0 Å². The fourth-order valence-corrected chi connectivity index (χ4v) is 3.59. The summed E-state index contributed by atoms with van der Waals surface area (Å²) in [6.45, 7) is 0.671. The van der Waals surface area contributed by atoms with Crippen molar-refractivity contribution < 1.29 is 14.6 Å². The molecule has 0 saturated heterocycles. The number of rotatable bonds is 3. The van der Waals surface area contributed by atoms with Crippen LogP contribution in [0.2, 0.25) is 0 Å². The summed E-state index contributed by atoms with van der Waals surface area (Å²) in [6.07, 6.45) is 0.681. The lowest BCUT2D eigenvalue weighted by atomic mass is 9.89. The summed E-state index contributed by atoms with van der Waals surface area (Å²) >= 11 is 0. The molecule has 2 aliphatic rings. The Hall–Kier alpha value is -2.33. The maximum absolute atomic E-state index is 12.3. The van der Waals surface area contributed by atoms with Gasteiger partial charge in [-0.1, -0.05) is 48.5 Å². The summed E-state index contributed by atoms with van der Waals surface area (Å²) in [5, 5.41) is 13.2. The molecule has 1 fully saturated rings. The molecular weight excluding hydrogens is 290 g/mol. The summed E-state index contributed by atoms with van der Waals surface area (Å²) < 4.78 is 5.71. The van der Waals surface area contributed by atoms with Crippen LogP contribution < -0.4 is 10.1 Å². The molecule has 1 spiro atoms. The molecule has 2 aromatic rings. The van der Waals surface area contributed by atoms with Gasteiger partial charge in [0.25, 0.3) is 5.91 Å². The molecule has 4 heteroatoms. The number of hydrogen-bond donors (Lipinski definition) is 2. The van der Waals surface area contributed by atoms with E-state index >= 15 is 0 Å². The number of benzene rings is 2. The molecular formula is C19H19NO3. The van der Waals surface area contributed by atoms with Crippen LogP contribution in [0.1, 0.15) is 30.1 Å². The van der Waals surface area contributed by atoms with E-state index in [0.29, 0.717) is 12.2 Å². The molecule has 1 amide bonds. The third-order valence-electron chi connectivity index (χ3n) is 4.98. The zero-order chi connectivity index (χ0) is 15.9. The number of aliphatic hydroxyl groups is 1. The van der Waals surface area contributed by atoms with Crippen LogP contribution in [0.4, 0.5) is 0 Å². The molecule has 4 rings (SSSR count). The Morgan fingerprint density at radius 3 is 2.74 bits per heavy atom. The minimum atomic E-state index is -1.12. The summed E-state index contributed by atoms with van der Waals surface area (Å²) in [5.74, 6) is 0.584. The molecule has 1 heterocycles. The molecule has 4 nitrogen and oxygen atoms in total. The second-order valence-electron chi connectivity index (χ2n) is 6.33. The zero-order valence-electron chi connectivity index (χ0n) is 12.7. The SMILES string of the molecule is O=C(N[C@@H]1C[C@]12CCOc1ccccc12)[C@@H](O)c1ccccc1. The van der Waals surface area contributed by atoms with E-state index in [1.54, 1.807) is 12.1 Å². The van der Waals surface area contributed by atoms with Gasteiger partial charge in [0.2, 0.25) is 0 Å². The standard InChI is InChI=1S/C19H19NO3/c21-17(13-6-2-1-3-7-13)18(22)20-16-12-19(16)10-11-23-15-9-5-4-8-14(15)19/h1-9,16-17,21H,10-12H2,(H,20,22)/t16-,17+,19+/m1/s1. The summed E-state index contributed by atoms with van der Waals surface area (Å²) in [6, 6.07) is 17.1. The van der Waals surface area contributed by atoms with Crippen LogP contribution in [0.3, 0.4) is 0 Å². The van der Waals surface area contributed by atoms with Gasteiger partial charge in [-0.15, -0.1) is 0 Å². The van der Waals surface area contributed by atoms with Crippen molar-refractivity contribution in [2.24, 2.45) is 0 Å². The van der Waals surface area contributed by atoms with Crippen LogP contribution in [0, 0.1) is 0 Å². The van der Waals surface area contributed by atoms with Gasteiger partial charge in [0.15, 0.2) is 6.10 Å². The van der Waals surface area contributed by atoms with Crippen molar-refractivity contribution in [1.82, 2.24) is 5.32 Å². The van der Waals surface area contributed by atoms with Gasteiger partial charge in [0, 0.05) is 17.0 Å². The van der Waals surface area contributed by atoms with Crippen molar-refractivity contribution in [3.8, 4) is 5.75 Å². The van der Waals surface area contributed by atoms with Gasteiger partial charge in [0.1, 0.15) is 5.75 Å². The van der Waals surface area contributed by atoms with Crippen LogP contribution in [0.15, 0.2) is 54.6 Å². The van der Waals surface area contributed by atoms with E-state index in [4.69, 9.17) is 4.74 Å². The minimum absolute atomic E-state index is 0.0269. The summed E-state index contributed by atoms with van der Waals surface area (Å²) in [7, 11) is 0. The number of carbonyl (C=O) groups is 1. The lowest BCUT2D eigenvalue weighted by molar-refractivity contribution is -0.129. The van der Waals surface area contributed by atoms with Gasteiger partial charge in [-0.05, 0) is 24.5 Å². The molecule has 3 atom stereocenters. The summed E-state index contributed by atoms with van der Waals surface area (Å²) in [5.41, 5.74) is 1.76. The van der Waals surface area contributed by atoms with Gasteiger partial charge in [-0.25, -0.2) is 0 Å². The Labute approximate surface area is 135 Å². The van der Waals surface area contributed by atoms with E-state index in [-0.39, 0.29) is 17.4 Å². The smallest absolute Gasteiger partial charge is 0.253 e. The number of amides is 1. The maximum Gasteiger partial charge on any atom is 0.253 e. The number of nitrogens with one attached hydrogen (secondary N) is 1. The summed E-state index contributed by atoms with van der Waals surface area (Å²) in [4.78, 5) is 12.3. The monoisotopic (exact) mass is 309 g/mol. The first-order chi connectivity index (χ1) is 11.2. The highest BCUT2D eigenvalue weighted by Gasteiger charge is 2.58.